The monoisotopic (exact) mass is 518 g/mol. The van der Waals surface area contributed by atoms with Crippen LogP contribution < -0.4 is 5.46 Å². The van der Waals surface area contributed by atoms with Gasteiger partial charge in [-0.3, -0.25) is 0 Å². The number of aromatic nitrogens is 4. The van der Waals surface area contributed by atoms with Crippen molar-refractivity contribution in [3.63, 3.8) is 0 Å². The fraction of sp³-hybridized carbons (Fsp3) is 0.0370. The average molecular weight is 519 g/mol. The molecule has 0 saturated heterocycles. The molecule has 5 rings (SSSR count). The maximum absolute atomic E-state index is 8.58. The number of hydrogen-bond donors (Lipinski definition) is 2. The van der Waals surface area contributed by atoms with Crippen molar-refractivity contribution >= 4 is 35.8 Å². The Hall–Kier alpha value is -3.62. The first-order valence-electron chi connectivity index (χ1n) is 10.5. The van der Waals surface area contributed by atoms with Gasteiger partial charge in [-0.15, -0.1) is 0 Å². The molecule has 2 aromatic heterocycles. The summed E-state index contributed by atoms with van der Waals surface area (Å²) < 4.78 is 0. The van der Waals surface area contributed by atoms with Crippen LogP contribution in [0, 0.1) is 0 Å². The van der Waals surface area contributed by atoms with E-state index in [1.54, 1.807) is 30.6 Å². The van der Waals surface area contributed by atoms with Gasteiger partial charge >= 0.3 is 7.12 Å². The second-order valence-electron chi connectivity index (χ2n) is 6.97. The number of hydrogen-bond acceptors (Lipinski definition) is 6. The van der Waals surface area contributed by atoms with Crippen molar-refractivity contribution in [1.29, 1.82) is 0 Å². The van der Waals surface area contributed by atoms with Gasteiger partial charge in [-0.25, -0.2) is 19.9 Å². The van der Waals surface area contributed by atoms with Crippen LogP contribution in [0.15, 0.2) is 116 Å². The molecule has 5 aromatic rings. The third kappa shape index (κ3) is 9.56. The highest BCUT2D eigenvalue weighted by atomic mass is 35.5. The number of benzene rings is 3. The van der Waals surface area contributed by atoms with E-state index < -0.39 is 7.12 Å². The molecular formula is C27H25BCl2N4O2. The Bertz CT molecular complexity index is 1230. The lowest BCUT2D eigenvalue weighted by Gasteiger charge is -2.03. The van der Waals surface area contributed by atoms with Crippen molar-refractivity contribution in [1.82, 2.24) is 19.9 Å². The lowest BCUT2D eigenvalue weighted by Crippen LogP contribution is -2.29. The Labute approximate surface area is 221 Å². The minimum Gasteiger partial charge on any atom is -0.423 e. The fourth-order valence-corrected chi connectivity index (χ4v) is 3.18. The molecule has 2 N–H and O–H groups in total. The highest BCUT2D eigenvalue weighted by Crippen LogP contribution is 2.22. The first kappa shape index (κ1) is 28.6. The third-order valence-corrected chi connectivity index (χ3v) is 4.92. The summed E-state index contributed by atoms with van der Waals surface area (Å²) in [6.45, 7) is 0. The Morgan fingerprint density at radius 2 is 0.917 bits per heavy atom. The van der Waals surface area contributed by atoms with E-state index in [1.165, 1.54) is 12.4 Å². The predicted molar refractivity (Wildman–Crippen MR) is 148 cm³/mol. The molecule has 0 bridgehead atoms. The molecule has 6 nitrogen and oxygen atoms in total. The molecule has 0 unspecified atom stereocenters. The second-order valence-corrected chi connectivity index (χ2v) is 7.74. The maximum Gasteiger partial charge on any atom is 0.488 e. The van der Waals surface area contributed by atoms with Gasteiger partial charge in [-0.2, -0.15) is 0 Å². The van der Waals surface area contributed by atoms with Gasteiger partial charge in [0.2, 0.25) is 0 Å². The molecule has 0 atom stereocenters. The van der Waals surface area contributed by atoms with E-state index in [4.69, 9.17) is 33.2 Å². The average Bonchev–Trinajstić information content (AvgIpc) is 2.91. The van der Waals surface area contributed by atoms with Crippen LogP contribution in [-0.4, -0.2) is 37.1 Å². The van der Waals surface area contributed by atoms with Gasteiger partial charge in [0.05, 0.1) is 11.4 Å². The molecular weight excluding hydrogens is 494 g/mol. The maximum atomic E-state index is 8.58. The predicted octanol–water partition coefficient (Wildman–Crippen LogP) is 5.60. The highest BCUT2D eigenvalue weighted by molar-refractivity contribution is 6.58. The Kier molecular flexibility index (Phi) is 12.2. The zero-order valence-corrected chi connectivity index (χ0v) is 20.0. The first-order chi connectivity index (χ1) is 17.0. The van der Waals surface area contributed by atoms with Gasteiger partial charge < -0.3 is 10.0 Å². The lowest BCUT2D eigenvalue weighted by molar-refractivity contribution is 0.426. The first-order valence-corrected chi connectivity index (χ1v) is 11.3. The highest BCUT2D eigenvalue weighted by Gasteiger charge is 2.07. The molecule has 0 saturated carbocycles. The van der Waals surface area contributed by atoms with Crippen molar-refractivity contribution in [2.75, 3.05) is 0 Å². The molecule has 0 aliphatic carbocycles. The molecule has 0 aliphatic heterocycles. The number of rotatable bonds is 3. The van der Waals surface area contributed by atoms with Crippen molar-refractivity contribution in [3.8, 4) is 22.5 Å². The summed E-state index contributed by atoms with van der Waals surface area (Å²) in [6, 6.07) is 32.4. The van der Waals surface area contributed by atoms with Crippen molar-refractivity contribution in [2.45, 2.75) is 7.43 Å². The van der Waals surface area contributed by atoms with Crippen molar-refractivity contribution in [3.05, 3.63) is 126 Å². The summed E-state index contributed by atoms with van der Waals surface area (Å²) in [4.78, 5) is 15.9. The summed E-state index contributed by atoms with van der Waals surface area (Å²) in [6.07, 6.45) is 2.93. The van der Waals surface area contributed by atoms with Crippen LogP contribution in [0.2, 0.25) is 10.3 Å². The van der Waals surface area contributed by atoms with Gasteiger partial charge in [-0.1, -0.05) is 122 Å². The van der Waals surface area contributed by atoms with Crippen LogP contribution in [0.5, 0.6) is 0 Å². The summed E-state index contributed by atoms with van der Waals surface area (Å²) >= 11 is 10.8. The number of nitrogens with zero attached hydrogens (tertiary/aromatic N) is 4. The topological polar surface area (TPSA) is 92.0 Å². The second kappa shape index (κ2) is 15.4. The van der Waals surface area contributed by atoms with Gasteiger partial charge in [0, 0.05) is 17.2 Å². The van der Waals surface area contributed by atoms with Crippen LogP contribution in [0.25, 0.3) is 22.5 Å². The molecule has 0 fully saturated rings. The Morgan fingerprint density at radius 3 is 1.25 bits per heavy atom. The van der Waals surface area contributed by atoms with Crippen LogP contribution in [0.3, 0.4) is 0 Å². The normalized spacial score (nSPS) is 9.44. The number of halogens is 2. The fourth-order valence-electron chi connectivity index (χ4n) is 2.83. The van der Waals surface area contributed by atoms with E-state index >= 15 is 0 Å². The molecule has 182 valence electrons. The van der Waals surface area contributed by atoms with E-state index in [-0.39, 0.29) is 7.43 Å². The minimum absolute atomic E-state index is 0. The van der Waals surface area contributed by atoms with E-state index in [9.17, 15) is 0 Å². The smallest absolute Gasteiger partial charge is 0.423 e. The molecule has 0 radical (unpaired) electrons. The van der Waals surface area contributed by atoms with Crippen LogP contribution in [-0.2, 0) is 0 Å². The Balaban J connectivity index is 0.000000213. The zero-order valence-electron chi connectivity index (χ0n) is 18.5. The molecule has 0 spiro atoms. The van der Waals surface area contributed by atoms with E-state index in [2.05, 4.69) is 44.2 Å². The van der Waals surface area contributed by atoms with Crippen LogP contribution in [0.4, 0.5) is 0 Å². The van der Waals surface area contributed by atoms with Crippen LogP contribution >= 0.6 is 23.2 Å². The molecule has 3 aromatic carbocycles. The summed E-state index contributed by atoms with van der Waals surface area (Å²) in [5.74, 6) is 0. The largest absolute Gasteiger partial charge is 0.488 e. The van der Waals surface area contributed by atoms with Crippen molar-refractivity contribution < 1.29 is 10.0 Å². The van der Waals surface area contributed by atoms with Gasteiger partial charge in [0.15, 0.2) is 0 Å². The minimum atomic E-state index is -1.34. The molecule has 0 amide bonds. The SMILES string of the molecule is C.Clc1cc(Cl)ncn1.OB(O)c1ccccc1.c1ccc(-c2cc(-c3ccccc3)ncn2)cc1. The van der Waals surface area contributed by atoms with E-state index in [0.717, 1.165) is 22.5 Å². The van der Waals surface area contributed by atoms with Crippen LogP contribution in [0.1, 0.15) is 7.43 Å². The standard InChI is InChI=1S/C16H12N2.C6H7BO2.C4H2Cl2N2.CH4/c1-3-7-13(8-4-1)15-11-16(18-12-17-15)14-9-5-2-6-10-14;8-7(9)6-4-2-1-3-5-6;5-3-1-4(6)8-2-7-3;/h1-12H;1-5,8-9H;1-2H;1H4. The zero-order chi connectivity index (χ0) is 24.9. The third-order valence-electron chi connectivity index (χ3n) is 4.50. The summed E-state index contributed by atoms with van der Waals surface area (Å²) in [5, 5.41) is 17.9. The summed E-state index contributed by atoms with van der Waals surface area (Å²) in [7, 11) is -1.34. The quantitative estimate of drug-likeness (QED) is 0.238. The van der Waals surface area contributed by atoms with Gasteiger partial charge in [0.1, 0.15) is 23.0 Å². The molecule has 2 heterocycles. The molecule has 9 heteroatoms. The van der Waals surface area contributed by atoms with Gasteiger partial charge in [0.25, 0.3) is 0 Å². The summed E-state index contributed by atoms with van der Waals surface area (Å²) in [5.41, 5.74) is 4.64. The van der Waals surface area contributed by atoms with E-state index in [0.29, 0.717) is 15.8 Å². The van der Waals surface area contributed by atoms with E-state index in [1.807, 2.05) is 48.5 Å². The lowest BCUT2D eigenvalue weighted by atomic mass is 9.81. The van der Waals surface area contributed by atoms with Crippen molar-refractivity contribution in [2.24, 2.45) is 0 Å². The molecule has 0 aliphatic rings. The van der Waals surface area contributed by atoms with Gasteiger partial charge in [-0.05, 0) is 11.5 Å². The Morgan fingerprint density at radius 1 is 0.528 bits per heavy atom. The molecule has 36 heavy (non-hydrogen) atoms.